The molecule has 6 heteroatoms. The molecule has 5 atom stereocenters. The molecule has 0 spiro atoms. The molecule has 0 unspecified atom stereocenters. The maximum atomic E-state index is 13.4. The molecule has 2 saturated carbocycles. The van der Waals surface area contributed by atoms with E-state index in [2.05, 4.69) is 20.8 Å². The zero-order chi connectivity index (χ0) is 22.7. The SMILES string of the molecule is Cc1c(O)cc2c(c1O)C(=O)[C@@H](c1cc3c(cc1O)O[C@]1(C)CC[C@H]4[C@@H]1[C@@H]3C4(C)C)CO2. The largest absolute Gasteiger partial charge is 0.508 e. The van der Waals surface area contributed by atoms with Crippen molar-refractivity contribution in [2.45, 2.75) is 58.0 Å². The second kappa shape index (κ2) is 5.91. The maximum absolute atomic E-state index is 13.4. The third kappa shape index (κ3) is 2.23. The highest BCUT2D eigenvalue weighted by molar-refractivity contribution is 6.07. The van der Waals surface area contributed by atoms with Crippen molar-refractivity contribution in [2.24, 2.45) is 17.3 Å². The van der Waals surface area contributed by atoms with Crippen LogP contribution in [0.25, 0.3) is 0 Å². The highest BCUT2D eigenvalue weighted by Gasteiger charge is 2.69. The fraction of sp³-hybridized carbons (Fsp3) is 0.500. The molecule has 2 aromatic rings. The van der Waals surface area contributed by atoms with Gasteiger partial charge in [-0.05, 0) is 55.6 Å². The highest BCUT2D eigenvalue weighted by Crippen LogP contribution is 2.73. The van der Waals surface area contributed by atoms with Crippen molar-refractivity contribution in [2.75, 3.05) is 6.61 Å². The Balaban J connectivity index is 1.45. The summed E-state index contributed by atoms with van der Waals surface area (Å²) in [6, 6.07) is 4.93. The third-order valence-corrected chi connectivity index (χ3v) is 8.88. The number of hydrogen-bond donors (Lipinski definition) is 3. The lowest BCUT2D eigenvalue weighted by Crippen LogP contribution is -2.59. The van der Waals surface area contributed by atoms with Crippen molar-refractivity contribution < 1.29 is 29.6 Å². The number of carbonyl (C=O) groups is 1. The van der Waals surface area contributed by atoms with Gasteiger partial charge in [0.25, 0.3) is 0 Å². The van der Waals surface area contributed by atoms with Gasteiger partial charge in [-0.1, -0.05) is 13.8 Å². The van der Waals surface area contributed by atoms with Gasteiger partial charge in [0.2, 0.25) is 0 Å². The van der Waals surface area contributed by atoms with Crippen molar-refractivity contribution >= 4 is 5.78 Å². The lowest BCUT2D eigenvalue weighted by molar-refractivity contribution is -0.120. The predicted molar refractivity (Wildman–Crippen MR) is 117 cm³/mol. The molecule has 6 rings (SSSR count). The van der Waals surface area contributed by atoms with Crippen LogP contribution in [0.5, 0.6) is 28.7 Å². The van der Waals surface area contributed by atoms with Crippen LogP contribution < -0.4 is 9.47 Å². The van der Waals surface area contributed by atoms with Gasteiger partial charge in [0.05, 0.1) is 5.92 Å². The number of benzene rings is 2. The molecule has 4 aliphatic rings. The normalized spacial score (nSPS) is 33.3. The van der Waals surface area contributed by atoms with Crippen LogP contribution in [0.4, 0.5) is 0 Å². The lowest BCUT2D eigenvalue weighted by Gasteiger charge is -2.62. The van der Waals surface area contributed by atoms with Crippen LogP contribution in [0.1, 0.15) is 72.5 Å². The van der Waals surface area contributed by atoms with Gasteiger partial charge in [0, 0.05) is 29.2 Å². The molecule has 6 nitrogen and oxygen atoms in total. The predicted octanol–water partition coefficient (Wildman–Crippen LogP) is 4.77. The van der Waals surface area contributed by atoms with Crippen LogP contribution in [0.2, 0.25) is 0 Å². The minimum atomic E-state index is -0.751. The van der Waals surface area contributed by atoms with Gasteiger partial charge >= 0.3 is 0 Å². The van der Waals surface area contributed by atoms with E-state index in [4.69, 9.17) is 9.47 Å². The van der Waals surface area contributed by atoms with Crippen LogP contribution in [0.3, 0.4) is 0 Å². The van der Waals surface area contributed by atoms with E-state index in [0.717, 1.165) is 18.4 Å². The number of fused-ring (bicyclic) bond motifs is 3. The van der Waals surface area contributed by atoms with Gasteiger partial charge in [0.15, 0.2) is 5.78 Å². The Morgan fingerprint density at radius 1 is 1.00 bits per heavy atom. The van der Waals surface area contributed by atoms with Crippen LogP contribution >= 0.6 is 0 Å². The van der Waals surface area contributed by atoms with Crippen LogP contribution in [-0.2, 0) is 0 Å². The second-order valence-corrected chi connectivity index (χ2v) is 10.8. The topological polar surface area (TPSA) is 96.2 Å². The van der Waals surface area contributed by atoms with Gasteiger partial charge in [-0.15, -0.1) is 0 Å². The Kier molecular flexibility index (Phi) is 3.65. The number of hydrogen-bond acceptors (Lipinski definition) is 6. The molecule has 0 bridgehead atoms. The Morgan fingerprint density at radius 2 is 1.72 bits per heavy atom. The number of rotatable bonds is 1. The van der Waals surface area contributed by atoms with Gasteiger partial charge in [0.1, 0.15) is 46.5 Å². The first-order valence-electron chi connectivity index (χ1n) is 11.3. The summed E-state index contributed by atoms with van der Waals surface area (Å²) in [5.41, 5.74) is 1.74. The molecule has 0 amide bonds. The van der Waals surface area contributed by atoms with E-state index >= 15 is 0 Å². The summed E-state index contributed by atoms with van der Waals surface area (Å²) in [4.78, 5) is 13.4. The molecule has 0 radical (unpaired) electrons. The molecule has 2 aliphatic carbocycles. The summed E-state index contributed by atoms with van der Waals surface area (Å²) in [5, 5.41) is 31.4. The average Bonchev–Trinajstić information content (AvgIpc) is 3.06. The van der Waals surface area contributed by atoms with E-state index in [1.165, 1.54) is 6.07 Å². The molecule has 2 aliphatic heterocycles. The first-order valence-corrected chi connectivity index (χ1v) is 11.3. The van der Waals surface area contributed by atoms with Crippen molar-refractivity contribution in [3.63, 3.8) is 0 Å². The van der Waals surface area contributed by atoms with Crippen LogP contribution in [0.15, 0.2) is 18.2 Å². The zero-order valence-electron chi connectivity index (χ0n) is 18.7. The fourth-order valence-electron chi connectivity index (χ4n) is 7.12. The molecule has 2 aromatic carbocycles. The minimum absolute atomic E-state index is 0.00198. The Morgan fingerprint density at radius 3 is 2.47 bits per heavy atom. The molecule has 0 aromatic heterocycles. The Labute approximate surface area is 186 Å². The number of phenols is 3. The zero-order valence-corrected chi connectivity index (χ0v) is 18.7. The van der Waals surface area contributed by atoms with Crippen molar-refractivity contribution in [3.8, 4) is 28.7 Å². The van der Waals surface area contributed by atoms with Crippen LogP contribution in [-0.4, -0.2) is 33.3 Å². The first kappa shape index (κ1) is 19.8. The van der Waals surface area contributed by atoms with E-state index in [1.807, 2.05) is 6.07 Å². The molecule has 2 heterocycles. The maximum Gasteiger partial charge on any atom is 0.181 e. The minimum Gasteiger partial charge on any atom is -0.508 e. The molecule has 3 N–H and O–H groups in total. The number of Topliss-reactive ketones (excluding diaryl/α,β-unsaturated/α-hetero) is 1. The number of carbonyl (C=O) groups excluding carboxylic acids is 1. The summed E-state index contributed by atoms with van der Waals surface area (Å²) >= 11 is 0. The molecule has 168 valence electrons. The molecular formula is C26H28O6. The average molecular weight is 437 g/mol. The second-order valence-electron chi connectivity index (χ2n) is 10.8. The standard InChI is InChI=1S/C26H28O6/c1-11-16(27)8-19-20(23(11)29)24(30)14(10-31-19)12-7-13-18(9-17(12)28)32-26(4)6-5-15-22(26)21(13)25(15,2)3/h7-9,14-15,21-22,27-29H,5-6,10H2,1-4H3/t14-,15+,21-,22-,26-/m1/s1. The summed E-state index contributed by atoms with van der Waals surface area (Å²) in [7, 11) is 0. The number of aromatic hydroxyl groups is 3. The monoisotopic (exact) mass is 436 g/mol. The Hall–Kier alpha value is -2.89. The summed E-state index contributed by atoms with van der Waals surface area (Å²) < 4.78 is 12.2. The van der Waals surface area contributed by atoms with Crippen molar-refractivity contribution in [3.05, 3.63) is 40.5 Å². The van der Waals surface area contributed by atoms with E-state index < -0.39 is 5.92 Å². The van der Waals surface area contributed by atoms with Gasteiger partial charge in [-0.2, -0.15) is 0 Å². The van der Waals surface area contributed by atoms with E-state index in [9.17, 15) is 20.1 Å². The quantitative estimate of drug-likeness (QED) is 0.596. The smallest absolute Gasteiger partial charge is 0.181 e. The number of ketones is 1. The van der Waals surface area contributed by atoms with E-state index in [1.54, 1.807) is 13.0 Å². The van der Waals surface area contributed by atoms with Crippen LogP contribution in [0, 0.1) is 24.2 Å². The highest BCUT2D eigenvalue weighted by atomic mass is 16.5. The van der Waals surface area contributed by atoms with Crippen molar-refractivity contribution in [1.82, 2.24) is 0 Å². The van der Waals surface area contributed by atoms with Crippen molar-refractivity contribution in [1.29, 1.82) is 0 Å². The molecule has 2 fully saturated rings. The van der Waals surface area contributed by atoms with Gasteiger partial charge < -0.3 is 24.8 Å². The fourth-order valence-corrected chi connectivity index (χ4v) is 7.12. The first-order chi connectivity index (χ1) is 15.0. The molecule has 0 saturated heterocycles. The van der Waals surface area contributed by atoms with Gasteiger partial charge in [-0.25, -0.2) is 0 Å². The summed E-state index contributed by atoms with van der Waals surface area (Å²) in [6.07, 6.45) is 2.16. The van der Waals surface area contributed by atoms with Gasteiger partial charge in [-0.3, -0.25) is 4.79 Å². The molecule has 32 heavy (non-hydrogen) atoms. The Bertz CT molecular complexity index is 1200. The summed E-state index contributed by atoms with van der Waals surface area (Å²) in [5.74, 6) is 0.754. The third-order valence-electron chi connectivity index (χ3n) is 8.88. The lowest BCUT2D eigenvalue weighted by atomic mass is 9.45. The summed E-state index contributed by atoms with van der Waals surface area (Å²) in [6.45, 7) is 8.38. The van der Waals surface area contributed by atoms with E-state index in [0.29, 0.717) is 29.1 Å². The number of ether oxygens (including phenoxy) is 2. The number of phenolic OH excluding ortho intramolecular Hbond substituents is 3. The van der Waals surface area contributed by atoms with E-state index in [-0.39, 0.29) is 57.5 Å². The molecular weight excluding hydrogens is 408 g/mol.